The number of urea groups is 1. The summed E-state index contributed by atoms with van der Waals surface area (Å²) in [5, 5.41) is 5.91. The second-order valence-corrected chi connectivity index (χ2v) is 11.5. The van der Waals surface area contributed by atoms with Crippen LogP contribution in [-0.2, 0) is 21.2 Å². The van der Waals surface area contributed by atoms with Crippen LogP contribution in [0.3, 0.4) is 0 Å². The van der Waals surface area contributed by atoms with E-state index in [0.29, 0.717) is 43.2 Å². The van der Waals surface area contributed by atoms with Gasteiger partial charge in [0.05, 0.1) is 6.42 Å². The second-order valence-electron chi connectivity index (χ2n) is 8.13. The van der Waals surface area contributed by atoms with E-state index in [1.165, 1.54) is 15.6 Å². The van der Waals surface area contributed by atoms with Crippen LogP contribution in [0, 0.1) is 0 Å². The monoisotopic (exact) mass is 476 g/mol. The van der Waals surface area contributed by atoms with Gasteiger partial charge in [0.15, 0.2) is 0 Å². The summed E-state index contributed by atoms with van der Waals surface area (Å²) in [7, 11) is -3.44. The van der Waals surface area contributed by atoms with Gasteiger partial charge in [-0.15, -0.1) is 11.3 Å². The Hall–Kier alpha value is -2.43. The zero-order valence-corrected chi connectivity index (χ0v) is 19.5. The van der Waals surface area contributed by atoms with Gasteiger partial charge in [-0.3, -0.25) is 4.79 Å². The smallest absolute Gasteiger partial charge is 0.321 e. The average molecular weight is 477 g/mol. The van der Waals surface area contributed by atoms with Gasteiger partial charge in [0, 0.05) is 42.8 Å². The summed E-state index contributed by atoms with van der Waals surface area (Å²) in [4.78, 5) is 27.4. The number of carbonyl (C=O) groups is 2. The lowest BCUT2D eigenvalue weighted by Gasteiger charge is -2.32. The molecule has 0 aliphatic carbocycles. The topological polar surface area (TPSA) is 98.8 Å². The molecule has 4 rings (SSSR count). The van der Waals surface area contributed by atoms with Crippen LogP contribution < -0.4 is 10.6 Å². The molecule has 0 saturated carbocycles. The van der Waals surface area contributed by atoms with Crippen molar-refractivity contribution in [2.45, 2.75) is 42.4 Å². The Morgan fingerprint density at radius 3 is 2.34 bits per heavy atom. The molecule has 0 bridgehead atoms. The number of carbonyl (C=O) groups excluding carboxylic acids is 2. The van der Waals surface area contributed by atoms with Crippen LogP contribution in [0.4, 0.5) is 10.5 Å². The van der Waals surface area contributed by atoms with Gasteiger partial charge in [-0.05, 0) is 49.9 Å². The molecule has 32 heavy (non-hydrogen) atoms. The van der Waals surface area contributed by atoms with Gasteiger partial charge in [-0.1, -0.05) is 18.2 Å². The van der Waals surface area contributed by atoms with Crippen molar-refractivity contribution in [3.8, 4) is 0 Å². The van der Waals surface area contributed by atoms with Gasteiger partial charge in [0.1, 0.15) is 4.21 Å². The van der Waals surface area contributed by atoms with E-state index in [4.69, 9.17) is 0 Å². The Morgan fingerprint density at radius 1 is 0.969 bits per heavy atom. The zero-order chi connectivity index (χ0) is 22.6. The summed E-state index contributed by atoms with van der Waals surface area (Å²) < 4.78 is 27.1. The van der Waals surface area contributed by atoms with Crippen LogP contribution in [0.15, 0.2) is 46.7 Å². The maximum Gasteiger partial charge on any atom is 0.321 e. The number of hydrogen-bond donors (Lipinski definition) is 2. The number of anilines is 1. The van der Waals surface area contributed by atoms with Crippen molar-refractivity contribution in [2.24, 2.45) is 0 Å². The molecule has 10 heteroatoms. The van der Waals surface area contributed by atoms with Crippen LogP contribution in [0.1, 0.15) is 30.6 Å². The number of likely N-dealkylation sites (tertiary alicyclic amines) is 1. The molecule has 3 amide bonds. The number of thiophene rings is 1. The van der Waals surface area contributed by atoms with Crippen LogP contribution >= 0.6 is 11.3 Å². The summed E-state index contributed by atoms with van der Waals surface area (Å²) in [5.41, 5.74) is 0.759. The highest BCUT2D eigenvalue weighted by molar-refractivity contribution is 7.91. The van der Waals surface area contributed by atoms with Gasteiger partial charge in [-0.25, -0.2) is 13.2 Å². The third-order valence-electron chi connectivity index (χ3n) is 5.80. The van der Waals surface area contributed by atoms with E-state index < -0.39 is 10.0 Å². The van der Waals surface area contributed by atoms with Crippen LogP contribution in [0.25, 0.3) is 0 Å². The highest BCUT2D eigenvalue weighted by Crippen LogP contribution is 2.27. The largest absolute Gasteiger partial charge is 0.353 e. The predicted molar refractivity (Wildman–Crippen MR) is 124 cm³/mol. The summed E-state index contributed by atoms with van der Waals surface area (Å²) >= 11 is 1.17. The predicted octanol–water partition coefficient (Wildman–Crippen LogP) is 2.89. The zero-order valence-electron chi connectivity index (χ0n) is 17.8. The molecule has 172 valence electrons. The fourth-order valence-corrected chi connectivity index (χ4v) is 7.06. The normalized spacial score (nSPS) is 17.9. The van der Waals surface area contributed by atoms with Crippen molar-refractivity contribution >= 4 is 39.0 Å². The van der Waals surface area contributed by atoms with E-state index in [1.54, 1.807) is 17.0 Å². The van der Waals surface area contributed by atoms with Crippen molar-refractivity contribution in [1.82, 2.24) is 14.5 Å². The van der Waals surface area contributed by atoms with Crippen LogP contribution in [0.5, 0.6) is 0 Å². The molecule has 1 aromatic carbocycles. The molecule has 2 aliphatic rings. The van der Waals surface area contributed by atoms with E-state index in [0.717, 1.165) is 23.4 Å². The van der Waals surface area contributed by atoms with E-state index in [2.05, 4.69) is 10.6 Å². The molecule has 0 unspecified atom stereocenters. The molecular formula is C22H28N4O4S2. The van der Waals surface area contributed by atoms with Crippen molar-refractivity contribution in [3.63, 3.8) is 0 Å². The number of benzene rings is 1. The van der Waals surface area contributed by atoms with Crippen LogP contribution in [-0.4, -0.2) is 61.8 Å². The Bertz CT molecular complexity index is 1040. The van der Waals surface area contributed by atoms with E-state index in [-0.39, 0.29) is 24.4 Å². The molecule has 2 aromatic rings. The van der Waals surface area contributed by atoms with Crippen molar-refractivity contribution in [2.75, 3.05) is 31.5 Å². The molecule has 2 N–H and O–H groups in total. The molecule has 2 aliphatic heterocycles. The molecule has 0 spiro atoms. The summed E-state index contributed by atoms with van der Waals surface area (Å²) in [6.45, 7) is 2.28. The van der Waals surface area contributed by atoms with Crippen molar-refractivity contribution < 1.29 is 18.0 Å². The Balaban J connectivity index is 1.23. The maximum absolute atomic E-state index is 12.7. The SMILES string of the molecule is O=C(Cc1ccc(S(=O)(=O)N2CCCC2)s1)NC1CCN(C(=O)Nc2ccccc2)CC1. The number of nitrogens with zero attached hydrogens (tertiary/aromatic N) is 2. The maximum atomic E-state index is 12.7. The summed E-state index contributed by atoms with van der Waals surface area (Å²) in [5.74, 6) is -0.121. The van der Waals surface area contributed by atoms with Gasteiger partial charge >= 0.3 is 6.03 Å². The molecule has 3 heterocycles. The first kappa shape index (κ1) is 22.8. The van der Waals surface area contributed by atoms with Crippen LogP contribution in [0.2, 0.25) is 0 Å². The van der Waals surface area contributed by atoms with Gasteiger partial charge in [0.25, 0.3) is 10.0 Å². The third-order valence-corrected chi connectivity index (χ3v) is 9.25. The molecular weight excluding hydrogens is 448 g/mol. The number of amides is 3. The average Bonchev–Trinajstić information content (AvgIpc) is 3.48. The number of rotatable bonds is 6. The first-order valence-corrected chi connectivity index (χ1v) is 13.2. The Kier molecular flexibility index (Phi) is 7.12. The minimum absolute atomic E-state index is 0.0102. The molecule has 8 nitrogen and oxygen atoms in total. The molecule has 0 radical (unpaired) electrons. The van der Waals surface area contributed by atoms with Crippen molar-refractivity contribution in [3.05, 3.63) is 47.3 Å². The second kappa shape index (κ2) is 10.0. The lowest BCUT2D eigenvalue weighted by Crippen LogP contribution is -2.48. The number of para-hydroxylation sites is 1. The summed E-state index contributed by atoms with van der Waals surface area (Å²) in [6, 6.07) is 12.5. The highest BCUT2D eigenvalue weighted by atomic mass is 32.2. The Labute approximate surface area is 192 Å². The van der Waals surface area contributed by atoms with Gasteiger partial charge < -0.3 is 15.5 Å². The molecule has 2 saturated heterocycles. The highest BCUT2D eigenvalue weighted by Gasteiger charge is 2.29. The van der Waals surface area contributed by atoms with E-state index in [9.17, 15) is 18.0 Å². The standard InChI is InChI=1S/C22H28N4O4S2/c27-20(16-19-8-9-21(31-19)32(29,30)26-12-4-5-13-26)23-18-10-14-25(15-11-18)22(28)24-17-6-2-1-3-7-17/h1-3,6-9,18H,4-5,10-16H2,(H,23,27)(H,24,28). The quantitative estimate of drug-likeness (QED) is 0.670. The third kappa shape index (κ3) is 5.48. The summed E-state index contributed by atoms with van der Waals surface area (Å²) in [6.07, 6.45) is 3.33. The lowest BCUT2D eigenvalue weighted by atomic mass is 10.1. The minimum Gasteiger partial charge on any atom is -0.353 e. The van der Waals surface area contributed by atoms with Gasteiger partial charge in [0.2, 0.25) is 5.91 Å². The number of piperidine rings is 1. The number of sulfonamides is 1. The first-order valence-electron chi connectivity index (χ1n) is 10.9. The fourth-order valence-electron chi connectivity index (χ4n) is 4.04. The van der Waals surface area contributed by atoms with Gasteiger partial charge in [-0.2, -0.15) is 4.31 Å². The molecule has 0 atom stereocenters. The first-order chi connectivity index (χ1) is 15.4. The minimum atomic E-state index is -3.44. The lowest BCUT2D eigenvalue weighted by molar-refractivity contribution is -0.121. The molecule has 2 fully saturated rings. The number of nitrogens with one attached hydrogen (secondary N) is 2. The molecule has 1 aromatic heterocycles. The fraction of sp³-hybridized carbons (Fsp3) is 0.455. The van der Waals surface area contributed by atoms with Crippen molar-refractivity contribution in [1.29, 1.82) is 0 Å². The van der Waals surface area contributed by atoms with E-state index >= 15 is 0 Å². The number of hydrogen-bond acceptors (Lipinski definition) is 5. The van der Waals surface area contributed by atoms with E-state index in [1.807, 2.05) is 30.3 Å². The Morgan fingerprint density at radius 2 is 1.66 bits per heavy atom.